The molecule has 7 heteroatoms. The standard InChI is InChI=1S/C26H22N4O2S/c1-2-23(32)27-21-15-13-18(14-16-21)22(31)17-33-26-28-24(19-9-5-3-6-10-19)25(29-30-26)20-11-7-4-8-12-20/h3-16H,2,17H2,1H3,(H,27,32). The Labute approximate surface area is 196 Å². The number of aromatic nitrogens is 3. The van der Waals surface area contributed by atoms with Gasteiger partial charge in [-0.05, 0) is 24.3 Å². The van der Waals surface area contributed by atoms with Gasteiger partial charge in [-0.15, -0.1) is 10.2 Å². The molecule has 33 heavy (non-hydrogen) atoms. The van der Waals surface area contributed by atoms with Gasteiger partial charge in [0, 0.05) is 28.8 Å². The van der Waals surface area contributed by atoms with E-state index in [4.69, 9.17) is 4.98 Å². The van der Waals surface area contributed by atoms with Crippen molar-refractivity contribution >= 4 is 29.1 Å². The van der Waals surface area contributed by atoms with Gasteiger partial charge in [-0.25, -0.2) is 4.98 Å². The lowest BCUT2D eigenvalue weighted by Crippen LogP contribution is -2.10. The molecule has 6 nitrogen and oxygen atoms in total. The summed E-state index contributed by atoms with van der Waals surface area (Å²) >= 11 is 1.25. The minimum absolute atomic E-state index is 0.0506. The minimum atomic E-state index is -0.0672. The van der Waals surface area contributed by atoms with Crippen LogP contribution in [0.5, 0.6) is 0 Å². The van der Waals surface area contributed by atoms with Crippen molar-refractivity contribution in [3.8, 4) is 22.5 Å². The van der Waals surface area contributed by atoms with Gasteiger partial charge in [0.05, 0.1) is 5.75 Å². The summed E-state index contributed by atoms with van der Waals surface area (Å²) in [6, 6.07) is 26.5. The zero-order valence-electron chi connectivity index (χ0n) is 18.1. The number of hydrogen-bond acceptors (Lipinski definition) is 6. The zero-order valence-corrected chi connectivity index (χ0v) is 18.9. The highest BCUT2D eigenvalue weighted by Gasteiger charge is 2.15. The normalized spacial score (nSPS) is 10.6. The van der Waals surface area contributed by atoms with Gasteiger partial charge in [-0.2, -0.15) is 0 Å². The average Bonchev–Trinajstić information content (AvgIpc) is 2.88. The van der Waals surface area contributed by atoms with Crippen molar-refractivity contribution in [2.75, 3.05) is 11.1 Å². The van der Waals surface area contributed by atoms with Crippen LogP contribution in [0.15, 0.2) is 90.1 Å². The topological polar surface area (TPSA) is 84.8 Å². The van der Waals surface area contributed by atoms with Crippen LogP contribution < -0.4 is 5.32 Å². The van der Waals surface area contributed by atoms with Gasteiger partial charge in [0.1, 0.15) is 11.4 Å². The fourth-order valence-corrected chi connectivity index (χ4v) is 3.84. The van der Waals surface area contributed by atoms with Crippen LogP contribution in [0, 0.1) is 0 Å². The second-order valence-electron chi connectivity index (χ2n) is 7.21. The second kappa shape index (κ2) is 10.7. The average molecular weight is 455 g/mol. The van der Waals surface area contributed by atoms with Crippen molar-refractivity contribution in [2.45, 2.75) is 18.5 Å². The Bertz CT molecular complexity index is 1250. The van der Waals surface area contributed by atoms with E-state index in [-0.39, 0.29) is 17.4 Å². The Kier molecular flexibility index (Phi) is 7.22. The molecule has 4 aromatic rings. The Balaban J connectivity index is 1.52. The third kappa shape index (κ3) is 5.70. The Morgan fingerprint density at radius 2 is 1.39 bits per heavy atom. The maximum atomic E-state index is 12.7. The highest BCUT2D eigenvalue weighted by atomic mass is 32.2. The first-order chi connectivity index (χ1) is 16.1. The lowest BCUT2D eigenvalue weighted by molar-refractivity contribution is -0.115. The van der Waals surface area contributed by atoms with Gasteiger partial charge in [0.25, 0.3) is 0 Å². The molecule has 0 unspecified atom stereocenters. The molecule has 1 N–H and O–H groups in total. The summed E-state index contributed by atoms with van der Waals surface area (Å²) in [6.45, 7) is 1.79. The first-order valence-corrected chi connectivity index (χ1v) is 11.5. The summed E-state index contributed by atoms with van der Waals surface area (Å²) in [6.07, 6.45) is 0.402. The number of hydrogen-bond donors (Lipinski definition) is 1. The third-order valence-electron chi connectivity index (χ3n) is 4.91. The molecule has 0 bridgehead atoms. The Morgan fingerprint density at radius 1 is 0.788 bits per heavy atom. The predicted octanol–water partition coefficient (Wildman–Crippen LogP) is 5.53. The van der Waals surface area contributed by atoms with E-state index >= 15 is 0 Å². The summed E-state index contributed by atoms with van der Waals surface area (Å²) in [5, 5.41) is 11.9. The number of nitrogens with one attached hydrogen (secondary N) is 1. The van der Waals surface area contributed by atoms with Crippen molar-refractivity contribution < 1.29 is 9.59 Å². The van der Waals surface area contributed by atoms with Crippen molar-refractivity contribution in [2.24, 2.45) is 0 Å². The van der Waals surface area contributed by atoms with Gasteiger partial charge in [-0.1, -0.05) is 79.3 Å². The molecule has 3 aromatic carbocycles. The number of ketones is 1. The SMILES string of the molecule is CCC(=O)Nc1ccc(C(=O)CSc2nnc(-c3ccccc3)c(-c3ccccc3)n2)cc1. The minimum Gasteiger partial charge on any atom is -0.326 e. The van der Waals surface area contributed by atoms with Crippen LogP contribution in [-0.2, 0) is 4.79 Å². The van der Waals surface area contributed by atoms with Crippen LogP contribution in [0.4, 0.5) is 5.69 Å². The molecule has 0 radical (unpaired) electrons. The number of Topliss-reactive ketones (excluding diaryl/α,β-unsaturated/α-hetero) is 1. The van der Waals surface area contributed by atoms with Gasteiger partial charge < -0.3 is 5.32 Å². The number of benzene rings is 3. The summed E-state index contributed by atoms with van der Waals surface area (Å²) < 4.78 is 0. The van der Waals surface area contributed by atoms with E-state index in [2.05, 4.69) is 15.5 Å². The van der Waals surface area contributed by atoms with E-state index in [0.29, 0.717) is 28.5 Å². The molecule has 4 rings (SSSR count). The van der Waals surface area contributed by atoms with Gasteiger partial charge in [0.15, 0.2) is 5.78 Å². The fourth-order valence-electron chi connectivity index (χ4n) is 3.16. The highest BCUT2D eigenvalue weighted by Crippen LogP contribution is 2.29. The lowest BCUT2D eigenvalue weighted by Gasteiger charge is -2.09. The molecular formula is C26H22N4O2S. The maximum absolute atomic E-state index is 12.7. The van der Waals surface area contributed by atoms with Crippen LogP contribution in [0.3, 0.4) is 0 Å². The quantitative estimate of drug-likeness (QED) is 0.278. The van der Waals surface area contributed by atoms with Gasteiger partial charge in [0.2, 0.25) is 11.1 Å². The van der Waals surface area contributed by atoms with Crippen molar-refractivity contribution in [1.29, 1.82) is 0 Å². The molecule has 0 spiro atoms. The highest BCUT2D eigenvalue weighted by molar-refractivity contribution is 7.99. The zero-order chi connectivity index (χ0) is 23.0. The first kappa shape index (κ1) is 22.4. The van der Waals surface area contributed by atoms with E-state index in [1.807, 2.05) is 60.7 Å². The first-order valence-electron chi connectivity index (χ1n) is 10.6. The van der Waals surface area contributed by atoms with E-state index in [1.54, 1.807) is 31.2 Å². The summed E-state index contributed by atoms with van der Waals surface area (Å²) in [7, 11) is 0. The summed E-state index contributed by atoms with van der Waals surface area (Å²) in [5.74, 6) is 0.0640. The number of anilines is 1. The number of amides is 1. The van der Waals surface area contributed by atoms with Crippen LogP contribution in [-0.4, -0.2) is 32.6 Å². The van der Waals surface area contributed by atoms with Crippen molar-refractivity contribution in [3.05, 3.63) is 90.5 Å². The summed E-state index contributed by atoms with van der Waals surface area (Å²) in [4.78, 5) is 28.9. The van der Waals surface area contributed by atoms with E-state index in [0.717, 1.165) is 16.8 Å². The van der Waals surface area contributed by atoms with E-state index in [1.165, 1.54) is 11.8 Å². The Morgan fingerprint density at radius 3 is 2.00 bits per heavy atom. The maximum Gasteiger partial charge on any atom is 0.224 e. The van der Waals surface area contributed by atoms with Crippen molar-refractivity contribution in [1.82, 2.24) is 15.2 Å². The molecular weight excluding hydrogens is 432 g/mol. The molecule has 0 aliphatic carbocycles. The monoisotopic (exact) mass is 454 g/mol. The fraction of sp³-hybridized carbons (Fsp3) is 0.115. The second-order valence-corrected chi connectivity index (χ2v) is 8.16. The smallest absolute Gasteiger partial charge is 0.224 e. The molecule has 164 valence electrons. The molecule has 1 heterocycles. The third-order valence-corrected chi connectivity index (χ3v) is 5.74. The molecule has 1 aromatic heterocycles. The number of carbonyl (C=O) groups excluding carboxylic acids is 2. The summed E-state index contributed by atoms with van der Waals surface area (Å²) in [5.41, 5.74) is 4.52. The molecule has 0 aliphatic heterocycles. The van der Waals surface area contributed by atoms with Crippen LogP contribution in [0.25, 0.3) is 22.5 Å². The van der Waals surface area contributed by atoms with Crippen LogP contribution in [0.1, 0.15) is 23.7 Å². The van der Waals surface area contributed by atoms with Crippen LogP contribution >= 0.6 is 11.8 Å². The van der Waals surface area contributed by atoms with Gasteiger partial charge >= 0.3 is 0 Å². The molecule has 0 atom stereocenters. The number of nitrogens with zero attached hydrogens (tertiary/aromatic N) is 3. The Hall–Kier alpha value is -3.84. The van der Waals surface area contributed by atoms with Crippen LogP contribution in [0.2, 0.25) is 0 Å². The number of rotatable bonds is 8. The van der Waals surface area contributed by atoms with Gasteiger partial charge in [-0.3, -0.25) is 9.59 Å². The molecule has 0 aliphatic rings. The number of carbonyl (C=O) groups is 2. The van der Waals surface area contributed by atoms with E-state index < -0.39 is 0 Å². The molecule has 1 amide bonds. The molecule has 0 saturated carbocycles. The molecule has 0 fully saturated rings. The number of thioether (sulfide) groups is 1. The van der Waals surface area contributed by atoms with E-state index in [9.17, 15) is 9.59 Å². The largest absolute Gasteiger partial charge is 0.326 e. The lowest BCUT2D eigenvalue weighted by atomic mass is 10.0. The molecule has 0 saturated heterocycles. The predicted molar refractivity (Wildman–Crippen MR) is 131 cm³/mol. The van der Waals surface area contributed by atoms with Crippen molar-refractivity contribution in [3.63, 3.8) is 0 Å².